The number of benzene rings is 8. The largest absolute Gasteiger partial charge is 0.455 e. The highest BCUT2D eigenvalue weighted by Crippen LogP contribution is 2.41. The van der Waals surface area contributed by atoms with Gasteiger partial charge in [-0.1, -0.05) is 165 Å². The second-order valence-corrected chi connectivity index (χ2v) is 15.9. The minimum absolute atomic E-state index is 0.670. The van der Waals surface area contributed by atoms with Crippen molar-refractivity contribution in [3.8, 4) is 50.6 Å². The van der Waals surface area contributed by atoms with Gasteiger partial charge in [0.25, 0.3) is 0 Å². The Morgan fingerprint density at radius 1 is 0.540 bits per heavy atom. The fourth-order valence-electron chi connectivity index (χ4n) is 9.15. The van der Waals surface area contributed by atoms with Gasteiger partial charge in [-0.25, -0.2) is 9.97 Å². The van der Waals surface area contributed by atoms with Crippen LogP contribution in [0.1, 0.15) is 31.5 Å². The van der Waals surface area contributed by atoms with Crippen LogP contribution in [0.25, 0.3) is 105 Å². The average molecular weight is 810 g/mol. The maximum absolute atomic E-state index is 6.50. The lowest BCUT2D eigenvalue weighted by Crippen LogP contribution is -1.98. The van der Waals surface area contributed by atoms with Gasteiger partial charge < -0.3 is 8.98 Å². The van der Waals surface area contributed by atoms with Crippen molar-refractivity contribution in [3.05, 3.63) is 224 Å². The molecule has 300 valence electrons. The molecule has 0 amide bonds. The lowest BCUT2D eigenvalue weighted by molar-refractivity contribution is 0.667. The number of hydrogen-bond acceptors (Lipinski definition) is 3. The van der Waals surface area contributed by atoms with Crippen LogP contribution in [-0.4, -0.2) is 14.5 Å². The van der Waals surface area contributed by atoms with Gasteiger partial charge in [0, 0.05) is 43.9 Å². The number of fused-ring (bicyclic) bond motifs is 6. The van der Waals surface area contributed by atoms with Gasteiger partial charge in [-0.05, 0) is 101 Å². The Balaban J connectivity index is 1.07. The second-order valence-electron chi connectivity index (χ2n) is 15.9. The van der Waals surface area contributed by atoms with Crippen LogP contribution < -0.4 is 0 Å². The van der Waals surface area contributed by atoms with Crippen molar-refractivity contribution >= 4 is 54.9 Å². The Morgan fingerprint density at radius 3 is 2.02 bits per heavy atom. The van der Waals surface area contributed by atoms with E-state index in [1.807, 2.05) is 18.2 Å². The molecule has 4 nitrogen and oxygen atoms in total. The van der Waals surface area contributed by atoms with E-state index in [1.54, 1.807) is 0 Å². The van der Waals surface area contributed by atoms with E-state index in [-0.39, 0.29) is 0 Å². The minimum Gasteiger partial charge on any atom is -0.455 e. The molecule has 0 unspecified atom stereocenters. The summed E-state index contributed by atoms with van der Waals surface area (Å²) in [4.78, 5) is 10.6. The van der Waals surface area contributed by atoms with Crippen molar-refractivity contribution in [2.24, 2.45) is 0 Å². The maximum Gasteiger partial charge on any atom is 0.160 e. The molecule has 63 heavy (non-hydrogen) atoms. The van der Waals surface area contributed by atoms with Gasteiger partial charge >= 0.3 is 0 Å². The first kappa shape index (κ1) is 37.9. The minimum atomic E-state index is 0.670. The van der Waals surface area contributed by atoms with Crippen molar-refractivity contribution in [1.82, 2.24) is 14.5 Å². The van der Waals surface area contributed by atoms with Crippen LogP contribution in [-0.2, 0) is 0 Å². The molecule has 3 aromatic heterocycles. The first-order valence-electron chi connectivity index (χ1n) is 21.7. The van der Waals surface area contributed by atoms with Crippen molar-refractivity contribution in [3.63, 3.8) is 0 Å². The summed E-state index contributed by atoms with van der Waals surface area (Å²) in [6.45, 7) is 4.29. The van der Waals surface area contributed by atoms with Crippen LogP contribution in [0.2, 0.25) is 0 Å². The van der Waals surface area contributed by atoms with Crippen molar-refractivity contribution in [1.29, 1.82) is 0 Å². The maximum atomic E-state index is 6.50. The summed E-state index contributed by atoms with van der Waals surface area (Å²) in [6, 6.07) is 70.7. The molecule has 11 rings (SSSR count). The topological polar surface area (TPSA) is 43.9 Å². The summed E-state index contributed by atoms with van der Waals surface area (Å²) in [5.41, 5.74) is 16.9. The third kappa shape index (κ3) is 6.83. The molecule has 4 heteroatoms. The molecule has 0 aliphatic carbocycles. The Morgan fingerprint density at radius 2 is 1.22 bits per heavy atom. The van der Waals surface area contributed by atoms with Crippen molar-refractivity contribution in [2.75, 3.05) is 0 Å². The van der Waals surface area contributed by atoms with Gasteiger partial charge in [-0.2, -0.15) is 0 Å². The SMILES string of the molecule is C/C=C(\C=C(/CC)c1cccc2c1oc1ccccc12)c1cc(-c2ccccc2)nc(-c2cccc(-c3cccc4c3c3cc(-c5ccccc5)ccc3n4-c3ccccc3)c2)n1. The molecule has 3 heterocycles. The number of para-hydroxylation sites is 3. The van der Waals surface area contributed by atoms with Crippen LogP contribution in [0.15, 0.2) is 217 Å². The molecule has 0 fully saturated rings. The molecule has 8 aromatic carbocycles. The van der Waals surface area contributed by atoms with E-state index >= 15 is 0 Å². The quantitative estimate of drug-likeness (QED) is 0.136. The standard InChI is InChI=1S/C59H43N3O/c1-3-39(48-29-17-30-50-49-27-14-15-32-56(49)63-58(48)50)35-40(4-2)52-38-53(42-21-10-6-11-22-42)61-59(60-52)45-24-16-23-44(36-45)47-28-18-31-55-57(47)51-37-43(41-19-8-5-9-20-41)33-34-54(51)62(55)46-25-12-7-13-26-46/h4-38H,3H2,1-2H3/b39-35+,40-4+. The van der Waals surface area contributed by atoms with Crippen LogP contribution in [0, 0.1) is 0 Å². The highest BCUT2D eigenvalue weighted by atomic mass is 16.3. The van der Waals surface area contributed by atoms with Gasteiger partial charge in [-0.3, -0.25) is 0 Å². The van der Waals surface area contributed by atoms with Crippen LogP contribution in [0.3, 0.4) is 0 Å². The van der Waals surface area contributed by atoms with Gasteiger partial charge in [0.2, 0.25) is 0 Å². The zero-order valence-electron chi connectivity index (χ0n) is 35.2. The molecule has 11 aromatic rings. The van der Waals surface area contributed by atoms with Gasteiger partial charge in [0.15, 0.2) is 5.82 Å². The molecule has 0 radical (unpaired) electrons. The molecule has 0 aliphatic heterocycles. The van der Waals surface area contributed by atoms with E-state index in [2.05, 4.69) is 213 Å². The van der Waals surface area contributed by atoms with Crippen LogP contribution in [0.5, 0.6) is 0 Å². The van der Waals surface area contributed by atoms with Gasteiger partial charge in [-0.15, -0.1) is 0 Å². The molecule has 0 atom stereocenters. The summed E-state index contributed by atoms with van der Waals surface area (Å²) in [7, 11) is 0. The predicted octanol–water partition coefficient (Wildman–Crippen LogP) is 16.0. The number of rotatable bonds is 9. The Hall–Kier alpha value is -8.08. The lowest BCUT2D eigenvalue weighted by Gasteiger charge is -2.13. The smallest absolute Gasteiger partial charge is 0.160 e. The van der Waals surface area contributed by atoms with Crippen molar-refractivity contribution < 1.29 is 4.42 Å². The molecule has 0 saturated heterocycles. The molecular formula is C59H43N3O. The fraction of sp³-hybridized carbons (Fsp3) is 0.0508. The summed E-state index contributed by atoms with van der Waals surface area (Å²) < 4.78 is 8.89. The van der Waals surface area contributed by atoms with E-state index in [9.17, 15) is 0 Å². The first-order chi connectivity index (χ1) is 31.1. The zero-order chi connectivity index (χ0) is 42.3. The molecular weight excluding hydrogens is 767 g/mol. The highest BCUT2D eigenvalue weighted by Gasteiger charge is 2.19. The first-order valence-corrected chi connectivity index (χ1v) is 21.7. The van der Waals surface area contributed by atoms with E-state index in [0.29, 0.717) is 5.82 Å². The summed E-state index contributed by atoms with van der Waals surface area (Å²) >= 11 is 0. The molecule has 0 spiro atoms. The third-order valence-corrected chi connectivity index (χ3v) is 12.2. The zero-order valence-corrected chi connectivity index (χ0v) is 35.2. The number of furan rings is 1. The van der Waals surface area contributed by atoms with Crippen LogP contribution in [0.4, 0.5) is 0 Å². The fourth-order valence-corrected chi connectivity index (χ4v) is 9.15. The van der Waals surface area contributed by atoms with Gasteiger partial charge in [0.1, 0.15) is 11.2 Å². The Labute approximate surface area is 366 Å². The molecule has 0 N–H and O–H groups in total. The molecule has 0 saturated carbocycles. The van der Waals surface area contributed by atoms with E-state index in [1.165, 1.54) is 27.5 Å². The Bertz CT molecular complexity index is 3540. The van der Waals surface area contributed by atoms with Crippen molar-refractivity contribution in [2.45, 2.75) is 20.3 Å². The van der Waals surface area contributed by atoms with Crippen LogP contribution >= 0.6 is 0 Å². The second kappa shape index (κ2) is 16.1. The summed E-state index contributed by atoms with van der Waals surface area (Å²) in [6.07, 6.45) is 5.24. The van der Waals surface area contributed by atoms with Gasteiger partial charge in [0.05, 0.1) is 22.4 Å². The number of aromatic nitrogens is 3. The Kier molecular flexibility index (Phi) is 9.67. The monoisotopic (exact) mass is 809 g/mol. The van der Waals surface area contributed by atoms with E-state index in [4.69, 9.17) is 14.4 Å². The summed E-state index contributed by atoms with van der Waals surface area (Å²) in [5.74, 6) is 0.670. The summed E-state index contributed by atoms with van der Waals surface area (Å²) in [5, 5.41) is 4.66. The third-order valence-electron chi connectivity index (χ3n) is 12.2. The van der Waals surface area contributed by atoms with E-state index < -0.39 is 0 Å². The molecule has 0 aliphatic rings. The molecule has 0 bridgehead atoms. The highest BCUT2D eigenvalue weighted by molar-refractivity contribution is 6.17. The normalized spacial score (nSPS) is 12.2. The predicted molar refractivity (Wildman–Crippen MR) is 264 cm³/mol. The lowest BCUT2D eigenvalue weighted by atomic mass is 9.96. The average Bonchev–Trinajstić information content (AvgIpc) is 3.91. The number of allylic oxidation sites excluding steroid dienone is 4. The number of nitrogens with zero attached hydrogens (tertiary/aromatic N) is 3. The van der Waals surface area contributed by atoms with E-state index in [0.717, 1.165) is 89.9 Å². The number of hydrogen-bond donors (Lipinski definition) is 0.